The molecule has 0 saturated carbocycles. The van der Waals surface area contributed by atoms with Gasteiger partial charge in [-0.3, -0.25) is 4.79 Å². The lowest BCUT2D eigenvalue weighted by Gasteiger charge is -2.06. The van der Waals surface area contributed by atoms with E-state index in [-0.39, 0.29) is 16.0 Å². The number of aromatic nitrogens is 1. The van der Waals surface area contributed by atoms with E-state index in [1.807, 2.05) is 0 Å². The summed E-state index contributed by atoms with van der Waals surface area (Å²) >= 11 is 1.55. The fourth-order valence-electron chi connectivity index (χ4n) is 1.06. The zero-order chi connectivity index (χ0) is 12.3. The molecular weight excluding hydrogens is 335 g/mol. The van der Waals surface area contributed by atoms with Gasteiger partial charge in [0.1, 0.15) is 5.69 Å². The second kappa shape index (κ2) is 5.37. The lowest BCUT2D eigenvalue weighted by molar-refractivity contribution is 0.0518. The van der Waals surface area contributed by atoms with Crippen LogP contribution < -0.4 is 5.43 Å². The average molecular weight is 343 g/mol. The molecule has 0 radical (unpaired) electrons. The van der Waals surface area contributed by atoms with Crippen LogP contribution in [-0.2, 0) is 4.74 Å². The van der Waals surface area contributed by atoms with Crippen molar-refractivity contribution in [3.05, 3.63) is 31.2 Å². The van der Waals surface area contributed by atoms with E-state index in [4.69, 9.17) is 0 Å². The van der Waals surface area contributed by atoms with Crippen LogP contribution in [-0.4, -0.2) is 17.6 Å². The van der Waals surface area contributed by atoms with E-state index in [9.17, 15) is 18.4 Å². The highest BCUT2D eigenvalue weighted by atomic mass is 127. The zero-order valence-electron chi connectivity index (χ0n) is 8.22. The number of alkyl halides is 2. The van der Waals surface area contributed by atoms with E-state index >= 15 is 0 Å². The molecule has 0 aromatic carbocycles. The predicted octanol–water partition coefficient (Wildman–Crippen LogP) is 2.09. The van der Waals surface area contributed by atoms with Crippen molar-refractivity contribution in [3.8, 4) is 0 Å². The number of halogens is 3. The van der Waals surface area contributed by atoms with Crippen LogP contribution in [0.15, 0.2) is 10.9 Å². The van der Waals surface area contributed by atoms with Crippen molar-refractivity contribution in [3.63, 3.8) is 0 Å². The highest BCUT2D eigenvalue weighted by Gasteiger charge is 2.19. The summed E-state index contributed by atoms with van der Waals surface area (Å²) in [6.45, 7) is 1.75. The minimum Gasteiger partial charge on any atom is -0.461 e. The number of H-pyrrole nitrogens is 1. The van der Waals surface area contributed by atoms with Crippen LogP contribution in [0.4, 0.5) is 8.78 Å². The fourth-order valence-corrected chi connectivity index (χ4v) is 1.85. The number of carbonyl (C=O) groups is 1. The number of carbonyl (C=O) groups excluding carboxylic acids is 1. The number of hydrogen-bond acceptors (Lipinski definition) is 3. The van der Waals surface area contributed by atoms with Gasteiger partial charge in [-0.1, -0.05) is 0 Å². The molecule has 0 aliphatic heterocycles. The van der Waals surface area contributed by atoms with Crippen molar-refractivity contribution in [2.24, 2.45) is 0 Å². The molecule has 4 nitrogen and oxygen atoms in total. The summed E-state index contributed by atoms with van der Waals surface area (Å²) in [5, 5.41) is 0. The molecule has 1 N–H and O–H groups in total. The molecule has 0 saturated heterocycles. The summed E-state index contributed by atoms with van der Waals surface area (Å²) < 4.78 is 29.4. The maximum Gasteiger partial charge on any atom is 0.354 e. The lowest BCUT2D eigenvalue weighted by atomic mass is 10.2. The van der Waals surface area contributed by atoms with Gasteiger partial charge in [0.15, 0.2) is 5.43 Å². The van der Waals surface area contributed by atoms with E-state index in [1.165, 1.54) is 0 Å². The first-order valence-electron chi connectivity index (χ1n) is 4.35. The number of aromatic amines is 1. The Morgan fingerprint density at radius 2 is 2.25 bits per heavy atom. The molecule has 1 heterocycles. The van der Waals surface area contributed by atoms with Crippen LogP contribution in [0.3, 0.4) is 0 Å². The summed E-state index contributed by atoms with van der Waals surface area (Å²) in [5.74, 6) is -0.738. The highest BCUT2D eigenvalue weighted by molar-refractivity contribution is 14.1. The molecule has 7 heteroatoms. The van der Waals surface area contributed by atoms with Gasteiger partial charge in [0, 0.05) is 6.07 Å². The quantitative estimate of drug-likeness (QED) is 0.520. The molecule has 0 aliphatic rings. The highest BCUT2D eigenvalue weighted by Crippen LogP contribution is 2.19. The Labute approximate surface area is 103 Å². The second-order valence-corrected chi connectivity index (χ2v) is 3.87. The largest absolute Gasteiger partial charge is 0.461 e. The Hall–Kier alpha value is -0.990. The molecule has 0 fully saturated rings. The van der Waals surface area contributed by atoms with Crippen LogP contribution in [0, 0.1) is 3.70 Å². The van der Waals surface area contributed by atoms with Gasteiger partial charge in [0.25, 0.3) is 6.43 Å². The summed E-state index contributed by atoms with van der Waals surface area (Å²) in [6, 6.07) is 0.821. The smallest absolute Gasteiger partial charge is 0.354 e. The first kappa shape index (κ1) is 13.1. The van der Waals surface area contributed by atoms with Crippen molar-refractivity contribution in [2.75, 3.05) is 6.61 Å². The van der Waals surface area contributed by atoms with Gasteiger partial charge in [0.05, 0.1) is 15.9 Å². The maximum atomic E-state index is 12.4. The van der Waals surface area contributed by atoms with Crippen molar-refractivity contribution in [2.45, 2.75) is 13.3 Å². The van der Waals surface area contributed by atoms with E-state index in [0.717, 1.165) is 6.07 Å². The standard InChI is InChI=1S/C9H8F2INO3/c1-2-16-9(15)4-3-5(14)6(7(10)11)8(12)13-4/h3,7H,2H2,1H3,(H,13,14). The van der Waals surface area contributed by atoms with Gasteiger partial charge in [-0.2, -0.15) is 0 Å². The molecule has 0 bridgehead atoms. The van der Waals surface area contributed by atoms with Gasteiger partial charge in [0.2, 0.25) is 0 Å². The number of rotatable bonds is 3. The number of pyridine rings is 1. The summed E-state index contributed by atoms with van der Waals surface area (Å²) in [7, 11) is 0. The van der Waals surface area contributed by atoms with E-state index in [0.29, 0.717) is 0 Å². The van der Waals surface area contributed by atoms with Gasteiger partial charge in [-0.25, -0.2) is 13.6 Å². The molecular formula is C9H8F2INO3. The predicted molar refractivity (Wildman–Crippen MR) is 60.7 cm³/mol. The monoisotopic (exact) mass is 343 g/mol. The minimum absolute atomic E-state index is 0.0526. The third-order valence-electron chi connectivity index (χ3n) is 1.74. The second-order valence-electron chi connectivity index (χ2n) is 2.80. The number of ether oxygens (including phenoxy) is 1. The van der Waals surface area contributed by atoms with Crippen molar-refractivity contribution in [1.82, 2.24) is 4.98 Å². The first-order chi connectivity index (χ1) is 7.47. The SMILES string of the molecule is CCOC(=O)c1cc(=O)c(C(F)F)c(I)[nH]1. The summed E-state index contributed by atoms with van der Waals surface area (Å²) in [5.41, 5.74) is -1.63. The minimum atomic E-state index is -2.87. The fraction of sp³-hybridized carbons (Fsp3) is 0.333. The number of nitrogens with one attached hydrogen (secondary N) is 1. The molecule has 16 heavy (non-hydrogen) atoms. The molecule has 0 atom stereocenters. The third-order valence-corrected chi connectivity index (χ3v) is 2.59. The molecule has 0 aliphatic carbocycles. The van der Waals surface area contributed by atoms with E-state index in [1.54, 1.807) is 29.5 Å². The summed E-state index contributed by atoms with van der Waals surface area (Å²) in [4.78, 5) is 25.0. The van der Waals surface area contributed by atoms with Crippen molar-refractivity contribution >= 4 is 28.6 Å². The van der Waals surface area contributed by atoms with Crippen LogP contribution in [0.5, 0.6) is 0 Å². The number of hydrogen-bond donors (Lipinski definition) is 1. The molecule has 1 rings (SSSR count). The maximum absolute atomic E-state index is 12.4. The molecule has 0 spiro atoms. The van der Waals surface area contributed by atoms with Crippen LogP contribution in [0.1, 0.15) is 29.4 Å². The molecule has 0 amide bonds. The Morgan fingerprint density at radius 3 is 2.69 bits per heavy atom. The average Bonchev–Trinajstić information content (AvgIpc) is 2.16. The Bertz CT molecular complexity index is 459. The topological polar surface area (TPSA) is 59.2 Å². The first-order valence-corrected chi connectivity index (χ1v) is 5.43. The van der Waals surface area contributed by atoms with Gasteiger partial charge >= 0.3 is 5.97 Å². The van der Waals surface area contributed by atoms with Crippen molar-refractivity contribution < 1.29 is 18.3 Å². The Morgan fingerprint density at radius 1 is 1.62 bits per heavy atom. The van der Waals surface area contributed by atoms with Crippen LogP contribution in [0.2, 0.25) is 0 Å². The summed E-state index contributed by atoms with van der Waals surface area (Å²) in [6.07, 6.45) is -2.87. The van der Waals surface area contributed by atoms with Gasteiger partial charge < -0.3 is 9.72 Å². The van der Waals surface area contributed by atoms with Crippen LogP contribution >= 0.6 is 22.6 Å². The third kappa shape index (κ3) is 2.77. The molecule has 0 unspecified atom stereocenters. The van der Waals surface area contributed by atoms with Gasteiger partial charge in [-0.15, -0.1) is 0 Å². The zero-order valence-corrected chi connectivity index (χ0v) is 10.4. The Balaban J connectivity index is 3.20. The van der Waals surface area contributed by atoms with Crippen LogP contribution in [0.25, 0.3) is 0 Å². The molecule has 1 aromatic rings. The molecule has 1 aromatic heterocycles. The normalized spacial score (nSPS) is 10.6. The van der Waals surface area contributed by atoms with E-state index in [2.05, 4.69) is 9.72 Å². The number of esters is 1. The van der Waals surface area contributed by atoms with Crippen molar-refractivity contribution in [1.29, 1.82) is 0 Å². The lowest BCUT2D eigenvalue weighted by Crippen LogP contribution is -2.18. The van der Waals surface area contributed by atoms with Gasteiger partial charge in [-0.05, 0) is 29.5 Å². The van der Waals surface area contributed by atoms with E-state index < -0.39 is 23.4 Å². The molecule has 88 valence electrons. The Kier molecular flexibility index (Phi) is 4.39.